The molecule has 7 nitrogen and oxygen atoms in total. The second-order valence-corrected chi connectivity index (χ2v) is 8.25. The van der Waals surface area contributed by atoms with E-state index in [9.17, 15) is 4.79 Å². The molecule has 0 N–H and O–H groups in total. The number of hydrogen-bond acceptors (Lipinski definition) is 7. The molecule has 5 aromatic rings. The van der Waals surface area contributed by atoms with E-state index in [1.165, 1.54) is 17.3 Å². The minimum absolute atomic E-state index is 0.0497. The van der Waals surface area contributed by atoms with Crippen molar-refractivity contribution in [2.75, 3.05) is 0 Å². The zero-order valence-electron chi connectivity index (χ0n) is 17.4. The lowest BCUT2D eigenvalue weighted by atomic mass is 10.1. The van der Waals surface area contributed by atoms with Gasteiger partial charge < -0.3 is 8.83 Å². The van der Waals surface area contributed by atoms with Crippen molar-refractivity contribution in [1.29, 1.82) is 0 Å². The van der Waals surface area contributed by atoms with Crippen molar-refractivity contribution in [2.24, 2.45) is 0 Å². The Kier molecular flexibility index (Phi) is 5.60. The molecule has 0 unspecified atom stereocenters. The summed E-state index contributed by atoms with van der Waals surface area (Å²) in [5, 5.41) is 9.41. The van der Waals surface area contributed by atoms with Gasteiger partial charge in [0.05, 0.1) is 16.7 Å². The molecule has 8 heteroatoms. The standard InChI is InChI=1S/C24H20N4O3S/c1-16-11-12-20(30-16)22-27-26-21(31-22)15-32-24-25-19-10-6-5-9-18(19)23(29)28(24)14-13-17-7-3-2-4-8-17/h2-12H,13-15H2,1H3. The largest absolute Gasteiger partial charge is 0.456 e. The van der Waals surface area contributed by atoms with Crippen molar-refractivity contribution < 1.29 is 8.83 Å². The van der Waals surface area contributed by atoms with Gasteiger partial charge in [-0.3, -0.25) is 9.36 Å². The van der Waals surface area contributed by atoms with Crippen molar-refractivity contribution in [3.05, 3.63) is 94.3 Å². The lowest BCUT2D eigenvalue weighted by Crippen LogP contribution is -2.24. The Bertz CT molecular complexity index is 1420. The van der Waals surface area contributed by atoms with Gasteiger partial charge in [0, 0.05) is 6.54 Å². The average Bonchev–Trinajstić information content (AvgIpc) is 3.47. The summed E-state index contributed by atoms with van der Waals surface area (Å²) in [5.74, 6) is 2.48. The third kappa shape index (κ3) is 4.22. The van der Waals surface area contributed by atoms with Crippen LogP contribution in [0.25, 0.3) is 22.6 Å². The molecule has 0 aliphatic rings. The Morgan fingerprint density at radius 1 is 0.938 bits per heavy atom. The molecule has 0 bridgehead atoms. The van der Waals surface area contributed by atoms with Crippen LogP contribution >= 0.6 is 11.8 Å². The van der Waals surface area contributed by atoms with Crippen LogP contribution in [0.4, 0.5) is 0 Å². The Balaban J connectivity index is 1.42. The van der Waals surface area contributed by atoms with Crippen LogP contribution in [0.3, 0.4) is 0 Å². The highest BCUT2D eigenvalue weighted by atomic mass is 32.2. The first kappa shape index (κ1) is 20.3. The molecular weight excluding hydrogens is 424 g/mol. The summed E-state index contributed by atoms with van der Waals surface area (Å²) < 4.78 is 13.0. The average molecular weight is 445 g/mol. The second kappa shape index (κ2) is 8.84. The molecule has 3 aromatic heterocycles. The van der Waals surface area contributed by atoms with Crippen LogP contribution in [-0.4, -0.2) is 19.7 Å². The number of hydrogen-bond donors (Lipinski definition) is 0. The van der Waals surface area contributed by atoms with E-state index in [0.717, 1.165) is 12.2 Å². The number of aromatic nitrogens is 4. The summed E-state index contributed by atoms with van der Waals surface area (Å²) in [6, 6.07) is 21.1. The molecule has 0 radical (unpaired) electrons. The van der Waals surface area contributed by atoms with Crippen molar-refractivity contribution >= 4 is 22.7 Å². The summed E-state index contributed by atoms with van der Waals surface area (Å²) in [4.78, 5) is 18.0. The normalized spacial score (nSPS) is 11.3. The molecule has 160 valence electrons. The highest BCUT2D eigenvalue weighted by Crippen LogP contribution is 2.25. The second-order valence-electron chi connectivity index (χ2n) is 7.30. The zero-order chi connectivity index (χ0) is 21.9. The van der Waals surface area contributed by atoms with Crippen molar-refractivity contribution in [3.63, 3.8) is 0 Å². The van der Waals surface area contributed by atoms with Gasteiger partial charge in [0.1, 0.15) is 5.76 Å². The fourth-order valence-corrected chi connectivity index (χ4v) is 4.29. The Morgan fingerprint density at radius 3 is 2.56 bits per heavy atom. The number of benzene rings is 2. The molecule has 0 atom stereocenters. The highest BCUT2D eigenvalue weighted by molar-refractivity contribution is 7.98. The van der Waals surface area contributed by atoms with Gasteiger partial charge in [0.25, 0.3) is 11.4 Å². The Morgan fingerprint density at radius 2 is 1.75 bits per heavy atom. The highest BCUT2D eigenvalue weighted by Gasteiger charge is 2.15. The molecule has 0 spiro atoms. The van der Waals surface area contributed by atoms with E-state index in [4.69, 9.17) is 13.8 Å². The van der Waals surface area contributed by atoms with Gasteiger partial charge in [-0.15, -0.1) is 10.2 Å². The first-order chi connectivity index (χ1) is 15.7. The molecular formula is C24H20N4O3S. The van der Waals surface area contributed by atoms with Gasteiger partial charge in [-0.1, -0.05) is 54.2 Å². The van der Waals surface area contributed by atoms with Crippen molar-refractivity contribution in [1.82, 2.24) is 19.7 Å². The zero-order valence-corrected chi connectivity index (χ0v) is 18.2. The first-order valence-electron chi connectivity index (χ1n) is 10.2. The van der Waals surface area contributed by atoms with Gasteiger partial charge in [-0.25, -0.2) is 4.98 Å². The molecule has 2 aromatic carbocycles. The minimum atomic E-state index is -0.0497. The van der Waals surface area contributed by atoms with Gasteiger partial charge >= 0.3 is 0 Å². The summed E-state index contributed by atoms with van der Waals surface area (Å²) in [6.07, 6.45) is 0.733. The van der Waals surface area contributed by atoms with Gasteiger partial charge in [-0.05, 0) is 43.2 Å². The lowest BCUT2D eigenvalue weighted by Gasteiger charge is -2.12. The molecule has 5 rings (SSSR count). The molecule has 0 saturated heterocycles. The number of nitrogens with zero attached hydrogens (tertiary/aromatic N) is 4. The molecule has 0 aliphatic heterocycles. The number of para-hydroxylation sites is 1. The maximum atomic E-state index is 13.2. The SMILES string of the molecule is Cc1ccc(-c2nnc(CSc3nc4ccccc4c(=O)n3CCc3ccccc3)o2)o1. The molecule has 0 amide bonds. The number of aryl methyl sites for hydroxylation is 2. The summed E-state index contributed by atoms with van der Waals surface area (Å²) in [5.41, 5.74) is 1.79. The smallest absolute Gasteiger partial charge is 0.283 e. The summed E-state index contributed by atoms with van der Waals surface area (Å²) in [6.45, 7) is 2.39. The quantitative estimate of drug-likeness (QED) is 0.261. The minimum Gasteiger partial charge on any atom is -0.456 e. The predicted molar refractivity (Wildman–Crippen MR) is 122 cm³/mol. The first-order valence-corrected chi connectivity index (χ1v) is 11.2. The van der Waals surface area contributed by atoms with Crippen LogP contribution in [0.2, 0.25) is 0 Å². The monoisotopic (exact) mass is 444 g/mol. The number of rotatable bonds is 7. The number of fused-ring (bicyclic) bond motifs is 1. The van der Waals surface area contributed by atoms with Gasteiger partial charge in [0.15, 0.2) is 10.9 Å². The van der Waals surface area contributed by atoms with Crippen molar-refractivity contribution in [3.8, 4) is 11.7 Å². The van der Waals surface area contributed by atoms with Crippen LogP contribution in [0, 0.1) is 6.92 Å². The Hall–Kier alpha value is -3.65. The topological polar surface area (TPSA) is 87.0 Å². The van der Waals surface area contributed by atoms with E-state index in [1.807, 2.05) is 55.5 Å². The number of furan rings is 1. The van der Waals surface area contributed by atoms with E-state index in [1.54, 1.807) is 10.6 Å². The summed E-state index contributed by atoms with van der Waals surface area (Å²) >= 11 is 1.40. The van der Waals surface area contributed by atoms with Crippen molar-refractivity contribution in [2.45, 2.75) is 30.8 Å². The molecule has 0 aliphatic carbocycles. The van der Waals surface area contributed by atoms with Crippen LogP contribution < -0.4 is 5.56 Å². The summed E-state index contributed by atoms with van der Waals surface area (Å²) in [7, 11) is 0. The van der Waals surface area contributed by atoms with Crippen LogP contribution in [0.15, 0.2) is 85.5 Å². The van der Waals surface area contributed by atoms with Gasteiger partial charge in [-0.2, -0.15) is 0 Å². The van der Waals surface area contributed by atoms with Gasteiger partial charge in [0.2, 0.25) is 5.89 Å². The third-order valence-electron chi connectivity index (χ3n) is 5.04. The van der Waals surface area contributed by atoms with E-state index in [2.05, 4.69) is 22.3 Å². The van der Waals surface area contributed by atoms with E-state index >= 15 is 0 Å². The fraction of sp³-hybridized carbons (Fsp3) is 0.167. The maximum absolute atomic E-state index is 13.2. The molecule has 0 saturated carbocycles. The fourth-order valence-electron chi connectivity index (χ4n) is 3.43. The molecule has 32 heavy (non-hydrogen) atoms. The van der Waals surface area contributed by atoms with E-state index in [-0.39, 0.29) is 5.56 Å². The van der Waals surface area contributed by atoms with E-state index in [0.29, 0.717) is 45.9 Å². The molecule has 0 fully saturated rings. The third-order valence-corrected chi connectivity index (χ3v) is 6.00. The van der Waals surface area contributed by atoms with Crippen LogP contribution in [0.5, 0.6) is 0 Å². The molecule has 3 heterocycles. The Labute approximate surface area is 188 Å². The van der Waals surface area contributed by atoms with E-state index < -0.39 is 0 Å². The van der Waals surface area contributed by atoms with Crippen LogP contribution in [0.1, 0.15) is 17.2 Å². The van der Waals surface area contributed by atoms with Crippen LogP contribution in [-0.2, 0) is 18.7 Å². The predicted octanol–water partition coefficient (Wildman–Crippen LogP) is 4.88. The lowest BCUT2D eigenvalue weighted by molar-refractivity contribution is 0.484. The number of thioether (sulfide) groups is 1. The maximum Gasteiger partial charge on any atom is 0.283 e.